The van der Waals surface area contributed by atoms with E-state index in [0.717, 1.165) is 44.2 Å². The minimum absolute atomic E-state index is 0.0734. The first-order valence-electron chi connectivity index (χ1n) is 15.9. The van der Waals surface area contributed by atoms with Crippen molar-refractivity contribution in [1.29, 1.82) is 0 Å². The summed E-state index contributed by atoms with van der Waals surface area (Å²) in [5, 5.41) is 2.15. The molecule has 0 spiro atoms. The number of ether oxygens (including phenoxy) is 4. The van der Waals surface area contributed by atoms with E-state index in [0.29, 0.717) is 12.8 Å². The molecule has 0 saturated carbocycles. The summed E-state index contributed by atoms with van der Waals surface area (Å²) in [5.74, 6) is -3.07. The average molecular weight is 641 g/mol. The molecule has 47 heavy (non-hydrogen) atoms. The number of aryl methyl sites for hydroxylation is 2. The summed E-state index contributed by atoms with van der Waals surface area (Å²) in [4.78, 5) is 50.3. The Labute approximate surface area is 276 Å². The number of rotatable bonds is 14. The van der Waals surface area contributed by atoms with E-state index in [-0.39, 0.29) is 37.6 Å². The van der Waals surface area contributed by atoms with E-state index in [1.807, 2.05) is 26.0 Å². The molecule has 0 N–H and O–H groups in total. The van der Waals surface area contributed by atoms with E-state index in [1.54, 1.807) is 13.8 Å². The highest BCUT2D eigenvalue weighted by molar-refractivity contribution is 5.94. The number of benzene rings is 3. The van der Waals surface area contributed by atoms with Crippen LogP contribution in [0.1, 0.15) is 62.8 Å². The first kappa shape index (κ1) is 35.1. The van der Waals surface area contributed by atoms with E-state index in [9.17, 15) is 19.2 Å². The molecule has 8 heteroatoms. The van der Waals surface area contributed by atoms with E-state index in [1.165, 1.54) is 0 Å². The van der Waals surface area contributed by atoms with Crippen molar-refractivity contribution in [2.75, 3.05) is 26.4 Å². The SMILES string of the molecule is C=C(C)C(=O)OCCOC(=O)C(C)CC1(CC(C)C(=O)OCCOC(=O)C(=C)C)c2cc(C)c(C)cc2-c2cc3ccccc3cc21. The summed E-state index contributed by atoms with van der Waals surface area (Å²) >= 11 is 0. The van der Waals surface area contributed by atoms with Gasteiger partial charge in [0.15, 0.2) is 0 Å². The van der Waals surface area contributed by atoms with Gasteiger partial charge in [-0.05, 0) is 96.8 Å². The number of fused-ring (bicyclic) bond motifs is 4. The van der Waals surface area contributed by atoms with Crippen molar-refractivity contribution >= 4 is 34.6 Å². The van der Waals surface area contributed by atoms with Gasteiger partial charge in [-0.1, -0.05) is 63.4 Å². The van der Waals surface area contributed by atoms with E-state index in [2.05, 4.69) is 63.4 Å². The Morgan fingerprint density at radius 2 is 1.04 bits per heavy atom. The molecule has 8 nitrogen and oxygen atoms in total. The van der Waals surface area contributed by atoms with Gasteiger partial charge in [0.05, 0.1) is 11.8 Å². The molecule has 0 bridgehead atoms. The lowest BCUT2D eigenvalue weighted by molar-refractivity contribution is -0.154. The minimum atomic E-state index is -0.733. The third-order valence-electron chi connectivity index (χ3n) is 8.77. The molecule has 2 atom stereocenters. The van der Waals surface area contributed by atoms with Gasteiger partial charge < -0.3 is 18.9 Å². The number of esters is 4. The third kappa shape index (κ3) is 7.81. The third-order valence-corrected chi connectivity index (χ3v) is 8.77. The van der Waals surface area contributed by atoms with Gasteiger partial charge in [-0.25, -0.2) is 9.59 Å². The van der Waals surface area contributed by atoms with Crippen molar-refractivity contribution in [3.05, 3.63) is 95.1 Å². The number of hydrogen-bond acceptors (Lipinski definition) is 8. The Morgan fingerprint density at radius 3 is 1.53 bits per heavy atom. The van der Waals surface area contributed by atoms with Gasteiger partial charge in [0.25, 0.3) is 0 Å². The van der Waals surface area contributed by atoms with Crippen LogP contribution in [0.5, 0.6) is 0 Å². The fourth-order valence-electron chi connectivity index (χ4n) is 6.26. The lowest BCUT2D eigenvalue weighted by Gasteiger charge is -2.36. The lowest BCUT2D eigenvalue weighted by atomic mass is 9.67. The van der Waals surface area contributed by atoms with Crippen molar-refractivity contribution < 1.29 is 38.1 Å². The summed E-state index contributed by atoms with van der Waals surface area (Å²) in [7, 11) is 0. The second kappa shape index (κ2) is 14.8. The Morgan fingerprint density at radius 1 is 0.638 bits per heavy atom. The van der Waals surface area contributed by atoms with Crippen LogP contribution in [0.2, 0.25) is 0 Å². The smallest absolute Gasteiger partial charge is 0.333 e. The molecule has 0 aromatic heterocycles. The topological polar surface area (TPSA) is 105 Å². The average Bonchev–Trinajstić information content (AvgIpc) is 3.26. The molecule has 0 radical (unpaired) electrons. The quantitative estimate of drug-likeness (QED) is 0.0795. The molecule has 248 valence electrons. The monoisotopic (exact) mass is 640 g/mol. The lowest BCUT2D eigenvalue weighted by Crippen LogP contribution is -2.35. The van der Waals surface area contributed by atoms with Crippen LogP contribution in [-0.2, 0) is 43.5 Å². The minimum Gasteiger partial charge on any atom is -0.462 e. The number of carbonyl (C=O) groups is 4. The molecule has 0 saturated heterocycles. The van der Waals surface area contributed by atoms with Crippen molar-refractivity contribution in [3.8, 4) is 11.1 Å². The van der Waals surface area contributed by atoms with Gasteiger partial charge >= 0.3 is 23.9 Å². The standard InChI is InChI=1S/C39H44O8/c1-23(2)35(40)44-13-15-46-37(42)27(7)21-39(22-28(8)38(43)47-16-14-45-36(41)24(3)4)33-18-26(6)25(5)17-31(33)32-19-29-11-9-10-12-30(29)20-34(32)39/h9-12,17-20,27-28H,1,3,13-16,21-22H2,2,4-8H3. The van der Waals surface area contributed by atoms with Crippen LogP contribution >= 0.6 is 0 Å². The van der Waals surface area contributed by atoms with E-state index >= 15 is 0 Å². The first-order valence-corrected chi connectivity index (χ1v) is 15.9. The molecule has 0 amide bonds. The molecule has 1 aliphatic carbocycles. The summed E-state index contributed by atoms with van der Waals surface area (Å²) < 4.78 is 21.3. The molecular formula is C39H44O8. The molecular weight excluding hydrogens is 596 g/mol. The Balaban J connectivity index is 1.69. The Bertz CT molecular complexity index is 1680. The van der Waals surface area contributed by atoms with Crippen LogP contribution in [-0.4, -0.2) is 50.3 Å². The predicted molar refractivity (Wildman–Crippen MR) is 181 cm³/mol. The van der Waals surface area contributed by atoms with Gasteiger partial charge in [0, 0.05) is 16.6 Å². The maximum absolute atomic E-state index is 13.4. The first-order chi connectivity index (χ1) is 22.2. The van der Waals surface area contributed by atoms with Crippen LogP contribution in [0.25, 0.3) is 21.9 Å². The van der Waals surface area contributed by atoms with Crippen LogP contribution in [0.3, 0.4) is 0 Å². The van der Waals surface area contributed by atoms with Crippen molar-refractivity contribution in [2.24, 2.45) is 11.8 Å². The zero-order valence-corrected chi connectivity index (χ0v) is 28.2. The predicted octanol–water partition coefficient (Wildman–Crippen LogP) is 7.10. The summed E-state index contributed by atoms with van der Waals surface area (Å²) in [5.41, 5.74) is 6.30. The molecule has 3 aromatic rings. The molecule has 0 aliphatic heterocycles. The fraction of sp³-hybridized carbons (Fsp3) is 0.385. The van der Waals surface area contributed by atoms with Gasteiger partial charge in [0.2, 0.25) is 0 Å². The molecule has 0 fully saturated rings. The second-order valence-electron chi connectivity index (χ2n) is 12.7. The van der Waals surface area contributed by atoms with Crippen molar-refractivity contribution in [1.82, 2.24) is 0 Å². The zero-order valence-electron chi connectivity index (χ0n) is 28.2. The molecule has 0 heterocycles. The maximum atomic E-state index is 13.4. The van der Waals surface area contributed by atoms with Crippen molar-refractivity contribution in [2.45, 2.75) is 59.8 Å². The van der Waals surface area contributed by atoms with Crippen LogP contribution in [0.15, 0.2) is 72.8 Å². The van der Waals surface area contributed by atoms with Gasteiger partial charge in [0.1, 0.15) is 26.4 Å². The molecule has 2 unspecified atom stereocenters. The maximum Gasteiger partial charge on any atom is 0.333 e. The normalized spacial score (nSPS) is 16.0. The van der Waals surface area contributed by atoms with Gasteiger partial charge in [-0.3, -0.25) is 9.59 Å². The van der Waals surface area contributed by atoms with E-state index < -0.39 is 41.1 Å². The zero-order chi connectivity index (χ0) is 34.5. The second-order valence-corrected chi connectivity index (χ2v) is 12.7. The molecule has 3 aromatic carbocycles. The fourth-order valence-corrected chi connectivity index (χ4v) is 6.26. The summed E-state index contributed by atoms with van der Waals surface area (Å²) in [6.45, 7) is 17.7. The Kier molecular flexibility index (Phi) is 11.1. The van der Waals surface area contributed by atoms with E-state index in [4.69, 9.17) is 18.9 Å². The number of carbonyl (C=O) groups excluding carboxylic acids is 4. The van der Waals surface area contributed by atoms with Crippen molar-refractivity contribution in [3.63, 3.8) is 0 Å². The van der Waals surface area contributed by atoms with Crippen LogP contribution in [0.4, 0.5) is 0 Å². The van der Waals surface area contributed by atoms with Gasteiger partial charge in [-0.2, -0.15) is 0 Å². The number of hydrogen-bond donors (Lipinski definition) is 0. The van der Waals surface area contributed by atoms with Crippen LogP contribution in [0, 0.1) is 25.7 Å². The van der Waals surface area contributed by atoms with Gasteiger partial charge in [-0.15, -0.1) is 0 Å². The highest BCUT2D eigenvalue weighted by Crippen LogP contribution is 2.56. The summed E-state index contributed by atoms with van der Waals surface area (Å²) in [6, 6.07) is 16.9. The highest BCUT2D eigenvalue weighted by Gasteiger charge is 2.47. The Hall–Kier alpha value is -4.72. The van der Waals surface area contributed by atoms with Crippen LogP contribution < -0.4 is 0 Å². The molecule has 4 rings (SSSR count). The largest absolute Gasteiger partial charge is 0.462 e. The summed E-state index contributed by atoms with van der Waals surface area (Å²) in [6.07, 6.45) is 0.734. The highest BCUT2D eigenvalue weighted by atomic mass is 16.6. The molecule has 1 aliphatic rings.